The van der Waals surface area contributed by atoms with Gasteiger partial charge in [-0.05, 0) is 48.7 Å². The van der Waals surface area contributed by atoms with E-state index in [0.717, 1.165) is 32.5 Å². The molecule has 0 aromatic heterocycles. The van der Waals surface area contributed by atoms with Crippen molar-refractivity contribution in [3.8, 4) is 0 Å². The summed E-state index contributed by atoms with van der Waals surface area (Å²) in [6.45, 7) is 3.39. The first-order valence-electron chi connectivity index (χ1n) is 5.99. The van der Waals surface area contributed by atoms with Gasteiger partial charge < -0.3 is 0 Å². The van der Waals surface area contributed by atoms with Crippen molar-refractivity contribution in [2.75, 3.05) is 19.6 Å². The SMILES string of the molecule is ClC1CCN(CC2=Cc3ccccc32)CC1. The fourth-order valence-electron chi connectivity index (χ4n) is 2.53. The predicted octanol–water partition coefficient (Wildman–Crippen LogP) is 3.24. The lowest BCUT2D eigenvalue weighted by molar-refractivity contribution is 0.258. The number of nitrogens with zero attached hydrogens (tertiary/aromatic N) is 1. The average Bonchev–Trinajstić information content (AvgIpc) is 2.28. The minimum Gasteiger partial charge on any atom is -0.299 e. The van der Waals surface area contributed by atoms with Crippen LogP contribution in [0.1, 0.15) is 24.0 Å². The highest BCUT2D eigenvalue weighted by Gasteiger charge is 2.21. The number of piperidine rings is 1. The molecule has 84 valence electrons. The maximum absolute atomic E-state index is 6.11. The molecule has 1 fully saturated rings. The van der Waals surface area contributed by atoms with Crippen LogP contribution in [0, 0.1) is 0 Å². The van der Waals surface area contributed by atoms with Crippen molar-refractivity contribution in [1.29, 1.82) is 0 Å². The third-order valence-electron chi connectivity index (χ3n) is 3.55. The Labute approximate surface area is 102 Å². The monoisotopic (exact) mass is 233 g/mol. The molecular weight excluding hydrogens is 218 g/mol. The maximum atomic E-state index is 6.11. The van der Waals surface area contributed by atoms with Crippen LogP contribution in [0.4, 0.5) is 0 Å². The number of fused-ring (bicyclic) bond motifs is 1. The molecule has 2 heteroatoms. The van der Waals surface area contributed by atoms with Crippen LogP contribution in [0.5, 0.6) is 0 Å². The molecule has 3 rings (SSSR count). The molecule has 0 N–H and O–H groups in total. The highest BCUT2D eigenvalue weighted by atomic mass is 35.5. The van der Waals surface area contributed by atoms with E-state index in [2.05, 4.69) is 35.2 Å². The highest BCUT2D eigenvalue weighted by Crippen LogP contribution is 2.33. The second kappa shape index (κ2) is 4.23. The average molecular weight is 234 g/mol. The highest BCUT2D eigenvalue weighted by molar-refractivity contribution is 6.20. The van der Waals surface area contributed by atoms with Crippen LogP contribution < -0.4 is 0 Å². The van der Waals surface area contributed by atoms with E-state index in [9.17, 15) is 0 Å². The molecule has 1 aliphatic carbocycles. The first kappa shape index (κ1) is 10.4. The summed E-state index contributed by atoms with van der Waals surface area (Å²) in [4.78, 5) is 2.51. The molecule has 1 saturated heterocycles. The van der Waals surface area contributed by atoms with Crippen LogP contribution in [0.15, 0.2) is 24.3 Å². The number of rotatable bonds is 2. The molecule has 0 amide bonds. The van der Waals surface area contributed by atoms with E-state index in [1.807, 2.05) is 0 Å². The van der Waals surface area contributed by atoms with Crippen LogP contribution >= 0.6 is 11.6 Å². The fraction of sp³-hybridized carbons (Fsp3) is 0.429. The van der Waals surface area contributed by atoms with Gasteiger partial charge >= 0.3 is 0 Å². The molecule has 16 heavy (non-hydrogen) atoms. The topological polar surface area (TPSA) is 3.24 Å². The van der Waals surface area contributed by atoms with Crippen molar-refractivity contribution in [2.45, 2.75) is 18.2 Å². The summed E-state index contributed by atoms with van der Waals surface area (Å²) in [5.74, 6) is 0. The zero-order chi connectivity index (χ0) is 11.0. The van der Waals surface area contributed by atoms with Crippen LogP contribution in [-0.2, 0) is 0 Å². The molecule has 0 spiro atoms. The lowest BCUT2D eigenvalue weighted by atomic mass is 9.88. The molecular formula is C14H16ClN. The summed E-state index contributed by atoms with van der Waals surface area (Å²) >= 11 is 6.11. The molecule has 1 aromatic carbocycles. The Kier molecular flexibility index (Phi) is 2.74. The fourth-order valence-corrected chi connectivity index (χ4v) is 2.73. The molecule has 0 bridgehead atoms. The van der Waals surface area contributed by atoms with Crippen LogP contribution in [0.2, 0.25) is 0 Å². The molecule has 0 saturated carbocycles. The zero-order valence-electron chi connectivity index (χ0n) is 9.32. The number of benzene rings is 1. The van der Waals surface area contributed by atoms with E-state index in [1.165, 1.54) is 16.7 Å². The van der Waals surface area contributed by atoms with Gasteiger partial charge in [0.05, 0.1) is 0 Å². The summed E-state index contributed by atoms with van der Waals surface area (Å²) in [6.07, 6.45) is 4.58. The molecule has 0 unspecified atom stereocenters. The van der Waals surface area contributed by atoms with E-state index in [4.69, 9.17) is 11.6 Å². The van der Waals surface area contributed by atoms with E-state index in [0.29, 0.717) is 5.38 Å². The largest absolute Gasteiger partial charge is 0.299 e. The third kappa shape index (κ3) is 1.90. The summed E-state index contributed by atoms with van der Waals surface area (Å²) in [6, 6.07) is 8.63. The molecule has 0 atom stereocenters. The first-order chi connectivity index (χ1) is 7.83. The van der Waals surface area contributed by atoms with E-state index in [-0.39, 0.29) is 0 Å². The Balaban J connectivity index is 1.62. The second-order valence-electron chi connectivity index (χ2n) is 4.71. The molecule has 1 aromatic rings. The maximum Gasteiger partial charge on any atom is 0.0360 e. The van der Waals surface area contributed by atoms with E-state index < -0.39 is 0 Å². The van der Waals surface area contributed by atoms with Crippen molar-refractivity contribution < 1.29 is 0 Å². The number of hydrogen-bond donors (Lipinski definition) is 0. The molecule has 0 radical (unpaired) electrons. The molecule has 1 aliphatic heterocycles. The molecule has 2 aliphatic rings. The minimum absolute atomic E-state index is 0.402. The smallest absolute Gasteiger partial charge is 0.0360 e. The molecule has 1 nitrogen and oxygen atoms in total. The number of likely N-dealkylation sites (tertiary alicyclic amines) is 1. The summed E-state index contributed by atoms with van der Waals surface area (Å²) < 4.78 is 0. The third-order valence-corrected chi connectivity index (χ3v) is 3.98. The Bertz CT molecular complexity index is 416. The van der Waals surface area contributed by atoms with Gasteiger partial charge in [-0.1, -0.05) is 24.3 Å². The Hall–Kier alpha value is -0.790. The van der Waals surface area contributed by atoms with Gasteiger partial charge in [0.1, 0.15) is 0 Å². The van der Waals surface area contributed by atoms with Crippen LogP contribution in [0.25, 0.3) is 11.6 Å². The van der Waals surface area contributed by atoms with Gasteiger partial charge in [0, 0.05) is 11.9 Å². The van der Waals surface area contributed by atoms with Crippen molar-refractivity contribution >= 4 is 23.3 Å². The Morgan fingerprint density at radius 1 is 1.19 bits per heavy atom. The van der Waals surface area contributed by atoms with Gasteiger partial charge in [-0.25, -0.2) is 0 Å². The Morgan fingerprint density at radius 2 is 1.94 bits per heavy atom. The first-order valence-corrected chi connectivity index (χ1v) is 6.43. The van der Waals surface area contributed by atoms with Crippen LogP contribution in [0.3, 0.4) is 0 Å². The van der Waals surface area contributed by atoms with E-state index >= 15 is 0 Å². The van der Waals surface area contributed by atoms with Crippen LogP contribution in [-0.4, -0.2) is 29.9 Å². The zero-order valence-corrected chi connectivity index (χ0v) is 10.1. The van der Waals surface area contributed by atoms with Crippen molar-refractivity contribution in [3.05, 3.63) is 35.4 Å². The van der Waals surface area contributed by atoms with Crippen molar-refractivity contribution in [3.63, 3.8) is 0 Å². The predicted molar refractivity (Wildman–Crippen MR) is 69.6 cm³/mol. The number of halogens is 1. The molecule has 1 heterocycles. The second-order valence-corrected chi connectivity index (χ2v) is 5.32. The van der Waals surface area contributed by atoms with Crippen molar-refractivity contribution in [1.82, 2.24) is 4.90 Å². The number of hydrogen-bond acceptors (Lipinski definition) is 1. The standard InChI is InChI=1S/C14H16ClN/c15-13-5-7-16(8-6-13)10-12-9-11-3-1-2-4-14(11)12/h1-4,9,13H,5-8,10H2. The minimum atomic E-state index is 0.402. The van der Waals surface area contributed by atoms with Gasteiger partial charge in [0.2, 0.25) is 0 Å². The number of alkyl halides is 1. The van der Waals surface area contributed by atoms with Gasteiger partial charge in [0.15, 0.2) is 0 Å². The Morgan fingerprint density at radius 3 is 2.69 bits per heavy atom. The normalized spacial score (nSPS) is 21.2. The lowest BCUT2D eigenvalue weighted by Gasteiger charge is -2.32. The van der Waals surface area contributed by atoms with E-state index in [1.54, 1.807) is 0 Å². The van der Waals surface area contributed by atoms with Crippen molar-refractivity contribution in [2.24, 2.45) is 0 Å². The van der Waals surface area contributed by atoms with Gasteiger partial charge in [-0.3, -0.25) is 4.90 Å². The summed E-state index contributed by atoms with van der Waals surface area (Å²) in [5.41, 5.74) is 4.32. The van der Waals surface area contributed by atoms with Gasteiger partial charge in [-0.15, -0.1) is 11.6 Å². The van der Waals surface area contributed by atoms with Gasteiger partial charge in [-0.2, -0.15) is 0 Å². The summed E-state index contributed by atoms with van der Waals surface area (Å²) in [7, 11) is 0. The van der Waals surface area contributed by atoms with Gasteiger partial charge in [0.25, 0.3) is 0 Å². The quantitative estimate of drug-likeness (QED) is 0.709. The summed E-state index contributed by atoms with van der Waals surface area (Å²) in [5, 5.41) is 0.402. The lowest BCUT2D eigenvalue weighted by Crippen LogP contribution is -2.35.